The van der Waals surface area contributed by atoms with E-state index in [4.69, 9.17) is 4.74 Å². The normalized spacial score (nSPS) is 16.8. The zero-order valence-electron chi connectivity index (χ0n) is 7.59. The second kappa shape index (κ2) is 6.16. The van der Waals surface area contributed by atoms with Crippen LogP contribution in [0.15, 0.2) is 0 Å². The Labute approximate surface area is 68.3 Å². The standard InChI is InChI=1S/C6H11NO2.C2H6/c1-6(8)7-2-4-9-5-3-7;1-2/h2-5H2,1H3;1-2H3. The molecule has 0 atom stereocenters. The molecule has 0 aromatic rings. The van der Waals surface area contributed by atoms with Crippen LogP contribution in [-0.2, 0) is 9.53 Å². The van der Waals surface area contributed by atoms with E-state index in [9.17, 15) is 4.79 Å². The van der Waals surface area contributed by atoms with Gasteiger partial charge >= 0.3 is 0 Å². The zero-order chi connectivity index (χ0) is 8.69. The zero-order valence-corrected chi connectivity index (χ0v) is 7.59. The molecular weight excluding hydrogens is 142 g/mol. The van der Waals surface area contributed by atoms with Crippen LogP contribution in [0, 0.1) is 0 Å². The monoisotopic (exact) mass is 159 g/mol. The first kappa shape index (κ1) is 10.4. The maximum Gasteiger partial charge on any atom is 0.219 e. The third-order valence-electron chi connectivity index (χ3n) is 1.46. The first-order valence-corrected chi connectivity index (χ1v) is 4.14. The molecule has 0 saturated carbocycles. The predicted molar refractivity (Wildman–Crippen MR) is 44.4 cm³/mol. The fraction of sp³-hybridized carbons (Fsp3) is 0.875. The molecule has 0 aromatic heterocycles. The summed E-state index contributed by atoms with van der Waals surface area (Å²) in [5.74, 6) is 0.151. The summed E-state index contributed by atoms with van der Waals surface area (Å²) in [6.07, 6.45) is 0. The number of amides is 1. The van der Waals surface area contributed by atoms with Crippen molar-refractivity contribution in [2.45, 2.75) is 20.8 Å². The molecule has 1 saturated heterocycles. The third-order valence-corrected chi connectivity index (χ3v) is 1.46. The molecule has 3 nitrogen and oxygen atoms in total. The van der Waals surface area contributed by atoms with Crippen molar-refractivity contribution in [2.75, 3.05) is 26.3 Å². The van der Waals surface area contributed by atoms with Crippen molar-refractivity contribution in [1.29, 1.82) is 0 Å². The molecule has 0 bridgehead atoms. The Kier molecular flexibility index (Phi) is 5.84. The first-order valence-electron chi connectivity index (χ1n) is 4.14. The fourth-order valence-corrected chi connectivity index (χ4v) is 0.878. The van der Waals surface area contributed by atoms with Gasteiger partial charge in [-0.15, -0.1) is 0 Å². The van der Waals surface area contributed by atoms with Crippen molar-refractivity contribution in [3.8, 4) is 0 Å². The summed E-state index contributed by atoms with van der Waals surface area (Å²) in [6, 6.07) is 0. The summed E-state index contributed by atoms with van der Waals surface area (Å²) in [4.78, 5) is 12.5. The van der Waals surface area contributed by atoms with Crippen LogP contribution in [0.1, 0.15) is 20.8 Å². The summed E-state index contributed by atoms with van der Waals surface area (Å²) in [5.41, 5.74) is 0. The topological polar surface area (TPSA) is 29.5 Å². The molecule has 0 unspecified atom stereocenters. The molecule has 1 rings (SSSR count). The third kappa shape index (κ3) is 3.98. The highest BCUT2D eigenvalue weighted by molar-refractivity contribution is 5.73. The van der Waals surface area contributed by atoms with Crippen LogP contribution in [0.4, 0.5) is 0 Å². The minimum atomic E-state index is 0.151. The Morgan fingerprint density at radius 2 is 1.73 bits per heavy atom. The molecular formula is C8H17NO2. The number of morpholine rings is 1. The fourth-order valence-electron chi connectivity index (χ4n) is 0.878. The van der Waals surface area contributed by atoms with E-state index in [1.54, 1.807) is 11.8 Å². The Morgan fingerprint density at radius 3 is 2.00 bits per heavy atom. The van der Waals surface area contributed by atoms with Gasteiger partial charge in [-0.2, -0.15) is 0 Å². The van der Waals surface area contributed by atoms with Gasteiger partial charge in [-0.3, -0.25) is 4.79 Å². The van der Waals surface area contributed by atoms with Gasteiger partial charge in [0, 0.05) is 20.0 Å². The summed E-state index contributed by atoms with van der Waals surface area (Å²) in [7, 11) is 0. The average Bonchev–Trinajstić information content (AvgIpc) is 2.10. The smallest absolute Gasteiger partial charge is 0.219 e. The van der Waals surface area contributed by atoms with Crippen LogP contribution >= 0.6 is 0 Å². The highest BCUT2D eigenvalue weighted by atomic mass is 16.5. The van der Waals surface area contributed by atoms with Crippen molar-refractivity contribution in [1.82, 2.24) is 4.90 Å². The number of ether oxygens (including phenoxy) is 1. The molecule has 11 heavy (non-hydrogen) atoms. The molecule has 0 spiro atoms. The summed E-state index contributed by atoms with van der Waals surface area (Å²) in [5, 5.41) is 0. The van der Waals surface area contributed by atoms with E-state index in [-0.39, 0.29) is 5.91 Å². The van der Waals surface area contributed by atoms with E-state index in [1.807, 2.05) is 13.8 Å². The van der Waals surface area contributed by atoms with E-state index in [1.165, 1.54) is 0 Å². The molecule has 1 aliphatic heterocycles. The molecule has 1 amide bonds. The minimum absolute atomic E-state index is 0.151. The largest absolute Gasteiger partial charge is 0.378 e. The SMILES string of the molecule is CC.CC(=O)N1CCOCC1. The van der Waals surface area contributed by atoms with Gasteiger partial charge in [0.05, 0.1) is 13.2 Å². The van der Waals surface area contributed by atoms with Crippen molar-refractivity contribution in [3.63, 3.8) is 0 Å². The molecule has 0 N–H and O–H groups in total. The molecule has 3 heteroatoms. The van der Waals surface area contributed by atoms with Crippen LogP contribution in [0.2, 0.25) is 0 Å². The Balaban J connectivity index is 0.000000461. The number of carbonyl (C=O) groups excluding carboxylic acids is 1. The Bertz CT molecular complexity index is 109. The number of rotatable bonds is 0. The van der Waals surface area contributed by atoms with Crippen LogP contribution in [0.25, 0.3) is 0 Å². The van der Waals surface area contributed by atoms with Gasteiger partial charge in [0.25, 0.3) is 0 Å². The summed E-state index contributed by atoms with van der Waals surface area (Å²) >= 11 is 0. The maximum absolute atomic E-state index is 10.7. The predicted octanol–water partition coefficient (Wildman–Crippen LogP) is 0.891. The van der Waals surface area contributed by atoms with E-state index in [0.29, 0.717) is 13.2 Å². The van der Waals surface area contributed by atoms with Gasteiger partial charge < -0.3 is 9.64 Å². The molecule has 0 radical (unpaired) electrons. The number of nitrogens with zero attached hydrogens (tertiary/aromatic N) is 1. The van der Waals surface area contributed by atoms with Crippen molar-refractivity contribution < 1.29 is 9.53 Å². The molecule has 1 fully saturated rings. The lowest BCUT2D eigenvalue weighted by molar-refractivity contribution is -0.132. The molecule has 0 aliphatic carbocycles. The first-order chi connectivity index (χ1) is 5.30. The van der Waals surface area contributed by atoms with Crippen LogP contribution in [0.3, 0.4) is 0 Å². The van der Waals surface area contributed by atoms with Gasteiger partial charge in [0.2, 0.25) is 5.91 Å². The second-order valence-corrected chi connectivity index (χ2v) is 2.12. The highest BCUT2D eigenvalue weighted by Gasteiger charge is 2.11. The van der Waals surface area contributed by atoms with Crippen LogP contribution in [0.5, 0.6) is 0 Å². The van der Waals surface area contributed by atoms with Crippen molar-refractivity contribution in [2.24, 2.45) is 0 Å². The highest BCUT2D eigenvalue weighted by Crippen LogP contribution is 1.95. The quantitative estimate of drug-likeness (QED) is 0.525. The van der Waals surface area contributed by atoms with E-state index >= 15 is 0 Å². The molecule has 1 aliphatic rings. The van der Waals surface area contributed by atoms with Gasteiger partial charge in [-0.05, 0) is 0 Å². The lowest BCUT2D eigenvalue weighted by Crippen LogP contribution is -2.39. The Hall–Kier alpha value is -0.570. The lowest BCUT2D eigenvalue weighted by Gasteiger charge is -2.25. The molecule has 1 heterocycles. The van der Waals surface area contributed by atoms with E-state index in [0.717, 1.165) is 13.1 Å². The van der Waals surface area contributed by atoms with Crippen molar-refractivity contribution >= 4 is 5.91 Å². The van der Waals surface area contributed by atoms with Crippen LogP contribution < -0.4 is 0 Å². The van der Waals surface area contributed by atoms with E-state index in [2.05, 4.69) is 0 Å². The second-order valence-electron chi connectivity index (χ2n) is 2.12. The summed E-state index contributed by atoms with van der Waals surface area (Å²) in [6.45, 7) is 8.50. The maximum atomic E-state index is 10.7. The van der Waals surface area contributed by atoms with Gasteiger partial charge in [0.15, 0.2) is 0 Å². The van der Waals surface area contributed by atoms with Gasteiger partial charge in [-0.1, -0.05) is 13.8 Å². The van der Waals surface area contributed by atoms with Crippen LogP contribution in [-0.4, -0.2) is 37.1 Å². The molecule has 0 aromatic carbocycles. The number of hydrogen-bond donors (Lipinski definition) is 0. The van der Waals surface area contributed by atoms with E-state index < -0.39 is 0 Å². The number of hydrogen-bond acceptors (Lipinski definition) is 2. The average molecular weight is 159 g/mol. The summed E-state index contributed by atoms with van der Waals surface area (Å²) < 4.78 is 5.06. The Morgan fingerprint density at radius 1 is 1.27 bits per heavy atom. The van der Waals surface area contributed by atoms with Gasteiger partial charge in [-0.25, -0.2) is 0 Å². The van der Waals surface area contributed by atoms with Gasteiger partial charge in [0.1, 0.15) is 0 Å². The number of carbonyl (C=O) groups is 1. The van der Waals surface area contributed by atoms with Crippen molar-refractivity contribution in [3.05, 3.63) is 0 Å². The molecule has 66 valence electrons. The minimum Gasteiger partial charge on any atom is -0.378 e. The lowest BCUT2D eigenvalue weighted by atomic mass is 10.4.